The quantitative estimate of drug-likeness (QED) is 0.812. The van der Waals surface area contributed by atoms with Crippen molar-refractivity contribution in [2.45, 2.75) is 19.0 Å². The van der Waals surface area contributed by atoms with E-state index in [-0.39, 0.29) is 6.04 Å². The number of methoxy groups -OCH3 is 3. The van der Waals surface area contributed by atoms with Crippen molar-refractivity contribution in [3.05, 3.63) is 17.7 Å². The number of carbonyl (C=O) groups is 1. The third kappa shape index (κ3) is 3.68. The maximum atomic E-state index is 11.9. The number of hydrogen-bond donors (Lipinski definition) is 2. The molecule has 7 heteroatoms. The van der Waals surface area contributed by atoms with Gasteiger partial charge in [-0.1, -0.05) is 0 Å². The summed E-state index contributed by atoms with van der Waals surface area (Å²) in [4.78, 5) is 13.9. The maximum absolute atomic E-state index is 11.9. The second kappa shape index (κ2) is 7.52. The van der Waals surface area contributed by atoms with Crippen LogP contribution in [0.1, 0.15) is 18.5 Å². The van der Waals surface area contributed by atoms with Crippen LogP contribution in [0.5, 0.6) is 17.2 Å². The standard InChI is InChI=1S/C16H24N2O5/c1-10-9-18(6-5-17-10)15(16(19)20)11-7-13(22-3)14(23-4)8-12(11)21-2/h7-8,10,15,17H,5-6,9H2,1-4H3,(H,19,20). The van der Waals surface area contributed by atoms with Crippen LogP contribution in [0.15, 0.2) is 12.1 Å². The van der Waals surface area contributed by atoms with Crippen molar-refractivity contribution in [2.75, 3.05) is 41.0 Å². The van der Waals surface area contributed by atoms with Crippen molar-refractivity contribution >= 4 is 5.97 Å². The monoisotopic (exact) mass is 324 g/mol. The fourth-order valence-corrected chi connectivity index (χ4v) is 2.95. The maximum Gasteiger partial charge on any atom is 0.325 e. The number of piperazine rings is 1. The molecule has 0 amide bonds. The third-order valence-electron chi connectivity index (χ3n) is 4.03. The summed E-state index contributed by atoms with van der Waals surface area (Å²) < 4.78 is 16.0. The lowest BCUT2D eigenvalue weighted by Gasteiger charge is -2.36. The Hall–Kier alpha value is -1.99. The third-order valence-corrected chi connectivity index (χ3v) is 4.03. The lowest BCUT2D eigenvalue weighted by molar-refractivity contribution is -0.144. The molecule has 2 unspecified atom stereocenters. The Morgan fingerprint density at radius 2 is 1.83 bits per heavy atom. The Bertz CT molecular complexity index is 564. The first-order valence-corrected chi connectivity index (χ1v) is 7.52. The number of hydrogen-bond acceptors (Lipinski definition) is 6. The zero-order valence-electron chi connectivity index (χ0n) is 14.0. The first-order chi connectivity index (χ1) is 11.0. The van der Waals surface area contributed by atoms with Gasteiger partial charge in [0.05, 0.1) is 21.3 Å². The summed E-state index contributed by atoms with van der Waals surface area (Å²) in [6.07, 6.45) is 0. The predicted molar refractivity (Wildman–Crippen MR) is 85.5 cm³/mol. The van der Waals surface area contributed by atoms with Crippen molar-refractivity contribution < 1.29 is 24.1 Å². The number of nitrogens with zero attached hydrogens (tertiary/aromatic N) is 1. The lowest BCUT2D eigenvalue weighted by Crippen LogP contribution is -2.51. The van der Waals surface area contributed by atoms with Gasteiger partial charge in [-0.25, -0.2) is 0 Å². The van der Waals surface area contributed by atoms with E-state index in [4.69, 9.17) is 14.2 Å². The largest absolute Gasteiger partial charge is 0.496 e. The molecule has 2 atom stereocenters. The molecule has 2 rings (SSSR count). The molecular formula is C16H24N2O5. The van der Waals surface area contributed by atoms with Gasteiger partial charge in [0.25, 0.3) is 0 Å². The van der Waals surface area contributed by atoms with E-state index < -0.39 is 12.0 Å². The first-order valence-electron chi connectivity index (χ1n) is 7.52. The van der Waals surface area contributed by atoms with E-state index in [1.807, 2.05) is 11.8 Å². The molecule has 1 fully saturated rings. The molecule has 0 aromatic heterocycles. The van der Waals surface area contributed by atoms with Gasteiger partial charge in [0.1, 0.15) is 11.8 Å². The Morgan fingerprint density at radius 3 is 2.35 bits per heavy atom. The number of carboxylic acid groups (broad SMARTS) is 1. The molecule has 1 aliphatic heterocycles. The van der Waals surface area contributed by atoms with Gasteiger partial charge < -0.3 is 24.6 Å². The normalized spacial score (nSPS) is 19.9. The highest BCUT2D eigenvalue weighted by Crippen LogP contribution is 2.39. The number of nitrogens with one attached hydrogen (secondary N) is 1. The summed E-state index contributed by atoms with van der Waals surface area (Å²) in [5.74, 6) is 0.550. The van der Waals surface area contributed by atoms with E-state index in [0.717, 1.165) is 6.54 Å². The molecule has 23 heavy (non-hydrogen) atoms. The smallest absolute Gasteiger partial charge is 0.325 e. The number of aliphatic carboxylic acids is 1. The van der Waals surface area contributed by atoms with Gasteiger partial charge >= 0.3 is 5.97 Å². The number of rotatable bonds is 6. The summed E-state index contributed by atoms with van der Waals surface area (Å²) in [5, 5.41) is 13.1. The van der Waals surface area contributed by atoms with Crippen molar-refractivity contribution in [3.8, 4) is 17.2 Å². The van der Waals surface area contributed by atoms with E-state index in [1.165, 1.54) is 21.3 Å². The fourth-order valence-electron chi connectivity index (χ4n) is 2.95. The van der Waals surface area contributed by atoms with Crippen molar-refractivity contribution in [3.63, 3.8) is 0 Å². The van der Waals surface area contributed by atoms with E-state index in [9.17, 15) is 9.90 Å². The molecule has 1 aromatic rings. The van der Waals surface area contributed by atoms with Gasteiger partial charge in [-0.15, -0.1) is 0 Å². The molecule has 0 spiro atoms. The molecule has 0 radical (unpaired) electrons. The van der Waals surface area contributed by atoms with Crippen LogP contribution >= 0.6 is 0 Å². The highest BCUT2D eigenvalue weighted by molar-refractivity contribution is 5.77. The van der Waals surface area contributed by atoms with Crippen molar-refractivity contribution in [1.82, 2.24) is 10.2 Å². The summed E-state index contributed by atoms with van der Waals surface area (Å²) in [6.45, 7) is 4.09. The van der Waals surface area contributed by atoms with Gasteiger partial charge in [-0.3, -0.25) is 9.69 Å². The Balaban J connectivity index is 2.47. The van der Waals surface area contributed by atoms with E-state index in [0.29, 0.717) is 35.9 Å². The van der Waals surface area contributed by atoms with E-state index >= 15 is 0 Å². The summed E-state index contributed by atoms with van der Waals surface area (Å²) >= 11 is 0. The molecule has 1 saturated heterocycles. The highest BCUT2D eigenvalue weighted by atomic mass is 16.5. The zero-order valence-corrected chi connectivity index (χ0v) is 14.0. The van der Waals surface area contributed by atoms with Crippen molar-refractivity contribution in [2.24, 2.45) is 0 Å². The fraction of sp³-hybridized carbons (Fsp3) is 0.562. The number of ether oxygens (including phenoxy) is 3. The predicted octanol–water partition coefficient (Wildman–Crippen LogP) is 1.13. The molecule has 128 valence electrons. The van der Waals surface area contributed by atoms with Gasteiger partial charge in [0, 0.05) is 37.3 Å². The molecule has 0 saturated carbocycles. The average molecular weight is 324 g/mol. The van der Waals surface area contributed by atoms with Crippen LogP contribution in [-0.4, -0.2) is 63.0 Å². The van der Waals surface area contributed by atoms with E-state index in [1.54, 1.807) is 12.1 Å². The van der Waals surface area contributed by atoms with Crippen molar-refractivity contribution in [1.29, 1.82) is 0 Å². The molecule has 1 aliphatic rings. The molecule has 0 bridgehead atoms. The first kappa shape index (κ1) is 17.4. The molecule has 1 heterocycles. The topological polar surface area (TPSA) is 80.3 Å². The minimum Gasteiger partial charge on any atom is -0.496 e. The molecular weight excluding hydrogens is 300 g/mol. The van der Waals surface area contributed by atoms with Crippen LogP contribution in [0.4, 0.5) is 0 Å². The SMILES string of the molecule is COc1cc(OC)c(C(C(=O)O)N2CCNC(C)C2)cc1OC. The Kier molecular flexibility index (Phi) is 5.68. The number of carboxylic acids is 1. The average Bonchev–Trinajstić information content (AvgIpc) is 2.54. The summed E-state index contributed by atoms with van der Waals surface area (Å²) in [7, 11) is 4.57. The van der Waals surface area contributed by atoms with Gasteiger partial charge in [-0.2, -0.15) is 0 Å². The second-order valence-electron chi connectivity index (χ2n) is 5.54. The van der Waals surface area contributed by atoms with E-state index in [2.05, 4.69) is 5.32 Å². The molecule has 0 aliphatic carbocycles. The molecule has 2 N–H and O–H groups in total. The summed E-state index contributed by atoms with van der Waals surface area (Å²) in [6, 6.07) is 2.78. The van der Waals surface area contributed by atoms with Gasteiger partial charge in [0.2, 0.25) is 0 Å². The van der Waals surface area contributed by atoms with Crippen LogP contribution in [-0.2, 0) is 4.79 Å². The van der Waals surface area contributed by atoms with Gasteiger partial charge in [0.15, 0.2) is 11.5 Å². The lowest BCUT2D eigenvalue weighted by atomic mass is 10.0. The second-order valence-corrected chi connectivity index (χ2v) is 5.54. The van der Waals surface area contributed by atoms with Crippen LogP contribution < -0.4 is 19.5 Å². The van der Waals surface area contributed by atoms with Crippen LogP contribution in [0.2, 0.25) is 0 Å². The molecule has 7 nitrogen and oxygen atoms in total. The molecule has 1 aromatic carbocycles. The summed E-state index contributed by atoms with van der Waals surface area (Å²) in [5.41, 5.74) is 0.562. The zero-order chi connectivity index (χ0) is 17.0. The van der Waals surface area contributed by atoms with Crippen LogP contribution in [0.3, 0.4) is 0 Å². The van der Waals surface area contributed by atoms with Gasteiger partial charge in [-0.05, 0) is 13.0 Å². The highest BCUT2D eigenvalue weighted by Gasteiger charge is 2.33. The minimum absolute atomic E-state index is 0.233. The van der Waals surface area contributed by atoms with Crippen LogP contribution in [0, 0.1) is 0 Å². The number of benzene rings is 1. The Labute approximate surface area is 136 Å². The Morgan fingerprint density at radius 1 is 1.22 bits per heavy atom. The van der Waals surface area contributed by atoms with Crippen LogP contribution in [0.25, 0.3) is 0 Å². The minimum atomic E-state index is -0.912.